The zero-order valence-corrected chi connectivity index (χ0v) is 10.2. The fourth-order valence-electron chi connectivity index (χ4n) is 2.47. The standard InChI is InChI=1S/C14H19NO2/c1-11(12-5-3-2-4-6-12)9-15-8-7-13(10-15)14(16)17/h2-6,11,13H,7-10H2,1H3,(H,16,17)/t11-,13+/m0/s1. The van der Waals surface area contributed by atoms with Crippen molar-refractivity contribution in [1.29, 1.82) is 0 Å². The summed E-state index contributed by atoms with van der Waals surface area (Å²) in [7, 11) is 0. The van der Waals surface area contributed by atoms with Crippen molar-refractivity contribution in [2.75, 3.05) is 19.6 Å². The van der Waals surface area contributed by atoms with E-state index in [0.717, 1.165) is 19.5 Å². The number of rotatable bonds is 4. The van der Waals surface area contributed by atoms with Gasteiger partial charge in [0.1, 0.15) is 0 Å². The Balaban J connectivity index is 1.88. The number of carbonyl (C=O) groups is 1. The largest absolute Gasteiger partial charge is 0.481 e. The number of nitrogens with zero attached hydrogens (tertiary/aromatic N) is 1. The molecule has 0 aliphatic carbocycles. The van der Waals surface area contributed by atoms with Gasteiger partial charge in [0.15, 0.2) is 0 Å². The predicted molar refractivity (Wildman–Crippen MR) is 67.0 cm³/mol. The van der Waals surface area contributed by atoms with E-state index in [1.807, 2.05) is 6.07 Å². The van der Waals surface area contributed by atoms with Crippen LogP contribution in [0.5, 0.6) is 0 Å². The first-order chi connectivity index (χ1) is 8.16. The molecule has 0 spiro atoms. The number of hydrogen-bond donors (Lipinski definition) is 1. The van der Waals surface area contributed by atoms with Crippen LogP contribution in [0.4, 0.5) is 0 Å². The van der Waals surface area contributed by atoms with Crippen LogP contribution < -0.4 is 0 Å². The molecule has 0 saturated carbocycles. The van der Waals surface area contributed by atoms with Gasteiger partial charge >= 0.3 is 5.97 Å². The lowest BCUT2D eigenvalue weighted by Gasteiger charge is -2.20. The molecule has 0 bridgehead atoms. The third kappa shape index (κ3) is 3.07. The highest BCUT2D eigenvalue weighted by atomic mass is 16.4. The van der Waals surface area contributed by atoms with Gasteiger partial charge in [-0.3, -0.25) is 4.79 Å². The lowest BCUT2D eigenvalue weighted by Crippen LogP contribution is -2.27. The molecule has 92 valence electrons. The minimum Gasteiger partial charge on any atom is -0.481 e. The third-order valence-corrected chi connectivity index (χ3v) is 3.52. The molecule has 1 aromatic rings. The molecule has 1 saturated heterocycles. The van der Waals surface area contributed by atoms with Crippen molar-refractivity contribution >= 4 is 5.97 Å². The van der Waals surface area contributed by atoms with Gasteiger partial charge < -0.3 is 10.0 Å². The van der Waals surface area contributed by atoms with Gasteiger partial charge in [-0.15, -0.1) is 0 Å². The normalized spacial score (nSPS) is 22.5. The van der Waals surface area contributed by atoms with Gasteiger partial charge in [0.2, 0.25) is 0 Å². The van der Waals surface area contributed by atoms with Crippen LogP contribution in [-0.2, 0) is 4.79 Å². The summed E-state index contributed by atoms with van der Waals surface area (Å²) in [6.45, 7) is 4.76. The summed E-state index contributed by atoms with van der Waals surface area (Å²) in [4.78, 5) is 13.1. The van der Waals surface area contributed by atoms with Crippen molar-refractivity contribution < 1.29 is 9.90 Å². The first-order valence-electron chi connectivity index (χ1n) is 6.17. The third-order valence-electron chi connectivity index (χ3n) is 3.52. The van der Waals surface area contributed by atoms with Crippen LogP contribution in [0, 0.1) is 5.92 Å². The Hall–Kier alpha value is -1.35. The fraction of sp³-hybridized carbons (Fsp3) is 0.500. The van der Waals surface area contributed by atoms with Crippen molar-refractivity contribution in [3.05, 3.63) is 35.9 Å². The smallest absolute Gasteiger partial charge is 0.307 e. The average Bonchev–Trinajstić information content (AvgIpc) is 2.79. The maximum Gasteiger partial charge on any atom is 0.307 e. The van der Waals surface area contributed by atoms with Gasteiger partial charge in [0.05, 0.1) is 5.92 Å². The van der Waals surface area contributed by atoms with Crippen LogP contribution in [-0.4, -0.2) is 35.6 Å². The highest BCUT2D eigenvalue weighted by molar-refractivity contribution is 5.70. The Kier molecular flexibility index (Phi) is 3.79. The maximum atomic E-state index is 10.9. The van der Waals surface area contributed by atoms with Crippen LogP contribution in [0.25, 0.3) is 0 Å². The second-order valence-corrected chi connectivity index (χ2v) is 4.90. The van der Waals surface area contributed by atoms with Crippen molar-refractivity contribution in [1.82, 2.24) is 4.90 Å². The van der Waals surface area contributed by atoms with Crippen LogP contribution in [0.15, 0.2) is 30.3 Å². The van der Waals surface area contributed by atoms with E-state index in [4.69, 9.17) is 5.11 Å². The maximum absolute atomic E-state index is 10.9. The van der Waals surface area contributed by atoms with Crippen molar-refractivity contribution in [2.24, 2.45) is 5.92 Å². The van der Waals surface area contributed by atoms with Gasteiger partial charge in [-0.1, -0.05) is 37.3 Å². The van der Waals surface area contributed by atoms with Gasteiger partial charge in [0, 0.05) is 13.1 Å². The van der Waals surface area contributed by atoms with Crippen LogP contribution in [0.2, 0.25) is 0 Å². The average molecular weight is 233 g/mol. The Morgan fingerprint density at radius 3 is 2.76 bits per heavy atom. The van der Waals surface area contributed by atoms with Crippen molar-refractivity contribution in [2.45, 2.75) is 19.3 Å². The Morgan fingerprint density at radius 1 is 1.47 bits per heavy atom. The molecule has 17 heavy (non-hydrogen) atoms. The second kappa shape index (κ2) is 5.32. The topological polar surface area (TPSA) is 40.5 Å². The molecule has 1 aliphatic rings. The van der Waals surface area contributed by atoms with Crippen LogP contribution >= 0.6 is 0 Å². The van der Waals surface area contributed by atoms with Crippen molar-refractivity contribution in [3.8, 4) is 0 Å². The van der Waals surface area contributed by atoms with E-state index in [1.54, 1.807) is 0 Å². The minimum absolute atomic E-state index is 0.169. The van der Waals surface area contributed by atoms with E-state index in [9.17, 15) is 4.79 Å². The highest BCUT2D eigenvalue weighted by Crippen LogP contribution is 2.21. The molecule has 1 N–H and O–H groups in total. The van der Waals surface area contributed by atoms with E-state index >= 15 is 0 Å². The molecule has 2 atom stereocenters. The number of hydrogen-bond acceptors (Lipinski definition) is 2. The SMILES string of the molecule is C[C@@H](CN1CC[C@@H](C(=O)O)C1)c1ccccc1. The molecular weight excluding hydrogens is 214 g/mol. The number of aliphatic carboxylic acids is 1. The first-order valence-corrected chi connectivity index (χ1v) is 6.17. The summed E-state index contributed by atoms with van der Waals surface area (Å²) in [5.74, 6) is -0.360. The van der Waals surface area contributed by atoms with Gasteiger partial charge in [-0.05, 0) is 24.4 Å². The predicted octanol–water partition coefficient (Wildman–Crippen LogP) is 2.20. The Morgan fingerprint density at radius 2 is 2.18 bits per heavy atom. The Labute approximate surface area is 102 Å². The van der Waals surface area contributed by atoms with Gasteiger partial charge in [-0.2, -0.15) is 0 Å². The number of carboxylic acid groups (broad SMARTS) is 1. The summed E-state index contributed by atoms with van der Waals surface area (Å²) in [6.07, 6.45) is 0.789. The van der Waals surface area contributed by atoms with E-state index in [2.05, 4.69) is 36.1 Å². The zero-order chi connectivity index (χ0) is 12.3. The molecule has 1 heterocycles. The molecule has 0 aromatic heterocycles. The van der Waals surface area contributed by atoms with E-state index in [1.165, 1.54) is 5.56 Å². The van der Waals surface area contributed by atoms with Crippen molar-refractivity contribution in [3.63, 3.8) is 0 Å². The van der Waals surface area contributed by atoms with Crippen LogP contribution in [0.1, 0.15) is 24.8 Å². The van der Waals surface area contributed by atoms with Crippen LogP contribution in [0.3, 0.4) is 0 Å². The fourth-order valence-corrected chi connectivity index (χ4v) is 2.47. The molecule has 3 nitrogen and oxygen atoms in total. The van der Waals surface area contributed by atoms with E-state index in [0.29, 0.717) is 12.5 Å². The first kappa shape index (κ1) is 12.1. The molecule has 3 heteroatoms. The monoisotopic (exact) mass is 233 g/mol. The lowest BCUT2D eigenvalue weighted by atomic mass is 10.0. The molecule has 1 fully saturated rings. The molecule has 2 rings (SSSR count). The molecule has 1 aromatic carbocycles. The zero-order valence-electron chi connectivity index (χ0n) is 10.2. The van der Waals surface area contributed by atoms with Gasteiger partial charge in [-0.25, -0.2) is 0 Å². The summed E-state index contributed by atoms with van der Waals surface area (Å²) in [6, 6.07) is 10.4. The number of likely N-dealkylation sites (tertiary alicyclic amines) is 1. The second-order valence-electron chi connectivity index (χ2n) is 4.90. The number of carboxylic acids is 1. The molecule has 0 amide bonds. The van der Waals surface area contributed by atoms with E-state index < -0.39 is 5.97 Å². The summed E-state index contributed by atoms with van der Waals surface area (Å²) >= 11 is 0. The molecule has 0 radical (unpaired) electrons. The summed E-state index contributed by atoms with van der Waals surface area (Å²) < 4.78 is 0. The van der Waals surface area contributed by atoms with Gasteiger partial charge in [0.25, 0.3) is 0 Å². The minimum atomic E-state index is -0.653. The molecular formula is C14H19NO2. The molecule has 1 aliphatic heterocycles. The summed E-state index contributed by atoms with van der Waals surface area (Å²) in [5.41, 5.74) is 1.33. The quantitative estimate of drug-likeness (QED) is 0.866. The molecule has 0 unspecified atom stereocenters. The highest BCUT2D eigenvalue weighted by Gasteiger charge is 2.28. The lowest BCUT2D eigenvalue weighted by molar-refractivity contribution is -0.141. The number of benzene rings is 1. The Bertz CT molecular complexity index is 377. The van der Waals surface area contributed by atoms with E-state index in [-0.39, 0.29) is 5.92 Å². The summed E-state index contributed by atoms with van der Waals surface area (Å²) in [5, 5.41) is 8.96.